The van der Waals surface area contributed by atoms with Gasteiger partial charge < -0.3 is 16.8 Å². The van der Waals surface area contributed by atoms with Crippen molar-refractivity contribution in [1.82, 2.24) is 15.0 Å². The van der Waals surface area contributed by atoms with Crippen molar-refractivity contribution in [3.8, 4) is 0 Å². The van der Waals surface area contributed by atoms with Crippen LogP contribution in [0.15, 0.2) is 30.3 Å². The Hall–Kier alpha value is -2.35. The van der Waals surface area contributed by atoms with E-state index < -0.39 is 0 Å². The van der Waals surface area contributed by atoms with Crippen LogP contribution in [0.25, 0.3) is 0 Å². The van der Waals surface area contributed by atoms with Crippen molar-refractivity contribution in [3.63, 3.8) is 0 Å². The van der Waals surface area contributed by atoms with Gasteiger partial charge in [-0.3, -0.25) is 4.79 Å². The largest absolute Gasteiger partial charge is 0.369 e. The van der Waals surface area contributed by atoms with Gasteiger partial charge in [-0.25, -0.2) is 0 Å². The molecule has 0 bridgehead atoms. The highest BCUT2D eigenvalue weighted by molar-refractivity contribution is 7.99. The van der Waals surface area contributed by atoms with Gasteiger partial charge in [0.15, 0.2) is 0 Å². The summed E-state index contributed by atoms with van der Waals surface area (Å²) >= 11 is 1.35. The number of carbonyl (C=O) groups is 1. The number of para-hydroxylation sites is 1. The molecule has 0 fully saturated rings. The molecule has 5 N–H and O–H groups in total. The molecule has 0 radical (unpaired) electrons. The predicted molar refractivity (Wildman–Crippen MR) is 83.9 cm³/mol. The number of nitrogens with one attached hydrogen (secondary N) is 1. The van der Waals surface area contributed by atoms with Gasteiger partial charge in [0.25, 0.3) is 0 Å². The lowest BCUT2D eigenvalue weighted by molar-refractivity contribution is -0.117. The topological polar surface area (TPSA) is 120 Å². The lowest BCUT2D eigenvalue weighted by Crippen LogP contribution is -2.22. The van der Waals surface area contributed by atoms with E-state index in [2.05, 4.69) is 20.3 Å². The molecule has 110 valence electrons. The Morgan fingerprint density at radius 1 is 1.29 bits per heavy atom. The molecule has 2 aromatic rings. The summed E-state index contributed by atoms with van der Waals surface area (Å²) in [7, 11) is 0. The molecule has 0 saturated carbocycles. The zero-order valence-corrected chi connectivity index (χ0v) is 12.3. The molecule has 8 heteroatoms. The molecule has 0 aliphatic rings. The third kappa shape index (κ3) is 4.60. The number of amides is 1. The number of anilines is 3. The van der Waals surface area contributed by atoms with E-state index >= 15 is 0 Å². The molecule has 7 nitrogen and oxygen atoms in total. The molecule has 2 rings (SSSR count). The molecule has 1 amide bonds. The second kappa shape index (κ2) is 6.89. The number of rotatable bonds is 6. The molecule has 1 aromatic carbocycles. The maximum absolute atomic E-state index is 11.0. The Balaban J connectivity index is 2.08. The van der Waals surface area contributed by atoms with Crippen LogP contribution in [0.3, 0.4) is 0 Å². The standard InChI is InChI=1S/C13H16N6OS/c1-8(11(14)20)21-7-10-17-12(15)19-13(18-10)16-9-5-3-2-4-6-9/h2-6,8H,7H2,1H3,(H2,14,20)(H3,15,16,17,18,19). The van der Waals surface area contributed by atoms with E-state index in [-0.39, 0.29) is 17.1 Å². The van der Waals surface area contributed by atoms with Crippen molar-refractivity contribution in [2.75, 3.05) is 11.1 Å². The summed E-state index contributed by atoms with van der Waals surface area (Å²) in [6.07, 6.45) is 0. The first-order chi connectivity index (χ1) is 10.0. The summed E-state index contributed by atoms with van der Waals surface area (Å²) in [5, 5.41) is 2.74. The van der Waals surface area contributed by atoms with Gasteiger partial charge in [-0.1, -0.05) is 18.2 Å². The Morgan fingerprint density at radius 2 is 2.00 bits per heavy atom. The highest BCUT2D eigenvalue weighted by atomic mass is 32.2. The third-order valence-electron chi connectivity index (χ3n) is 2.59. The van der Waals surface area contributed by atoms with Crippen LogP contribution in [0.2, 0.25) is 0 Å². The lowest BCUT2D eigenvalue weighted by Gasteiger charge is -2.08. The fourth-order valence-electron chi connectivity index (χ4n) is 1.49. The van der Waals surface area contributed by atoms with E-state index in [0.717, 1.165) is 5.69 Å². The number of nitrogen functional groups attached to an aromatic ring is 1. The lowest BCUT2D eigenvalue weighted by atomic mass is 10.3. The highest BCUT2D eigenvalue weighted by Crippen LogP contribution is 2.17. The van der Waals surface area contributed by atoms with Crippen molar-refractivity contribution < 1.29 is 4.79 Å². The van der Waals surface area contributed by atoms with Gasteiger partial charge in [0.05, 0.1) is 11.0 Å². The van der Waals surface area contributed by atoms with Gasteiger partial charge in [-0.05, 0) is 19.1 Å². The van der Waals surface area contributed by atoms with Gasteiger partial charge in [0.2, 0.25) is 17.8 Å². The smallest absolute Gasteiger partial charge is 0.232 e. The highest BCUT2D eigenvalue weighted by Gasteiger charge is 2.11. The minimum Gasteiger partial charge on any atom is -0.369 e. The van der Waals surface area contributed by atoms with Crippen LogP contribution in [0.1, 0.15) is 12.7 Å². The SMILES string of the molecule is CC(SCc1nc(N)nc(Nc2ccccc2)n1)C(N)=O. The van der Waals surface area contributed by atoms with Crippen molar-refractivity contribution in [1.29, 1.82) is 0 Å². The first-order valence-corrected chi connectivity index (χ1v) is 7.33. The normalized spacial score (nSPS) is 11.9. The number of aromatic nitrogens is 3. The summed E-state index contributed by atoms with van der Waals surface area (Å²) in [5.41, 5.74) is 11.7. The number of hydrogen-bond donors (Lipinski definition) is 3. The number of hydrogen-bond acceptors (Lipinski definition) is 7. The number of thioether (sulfide) groups is 1. The summed E-state index contributed by atoms with van der Waals surface area (Å²) < 4.78 is 0. The molecule has 1 unspecified atom stereocenters. The van der Waals surface area contributed by atoms with Gasteiger partial charge >= 0.3 is 0 Å². The number of nitrogens with two attached hydrogens (primary N) is 2. The molecule has 1 aromatic heterocycles. The third-order valence-corrected chi connectivity index (χ3v) is 3.75. The summed E-state index contributed by atoms with van der Waals surface area (Å²) in [6.45, 7) is 1.74. The van der Waals surface area contributed by atoms with E-state index in [1.165, 1.54) is 11.8 Å². The van der Waals surface area contributed by atoms with E-state index in [1.54, 1.807) is 6.92 Å². The summed E-state index contributed by atoms with van der Waals surface area (Å²) in [5.74, 6) is 1.06. The van der Waals surface area contributed by atoms with E-state index in [1.807, 2.05) is 30.3 Å². The van der Waals surface area contributed by atoms with Gasteiger partial charge in [-0.15, -0.1) is 11.8 Å². The Bertz CT molecular complexity index is 621. The zero-order chi connectivity index (χ0) is 15.2. The number of carbonyl (C=O) groups excluding carboxylic acids is 1. The molecule has 0 aliphatic carbocycles. The monoisotopic (exact) mass is 304 g/mol. The Morgan fingerprint density at radius 3 is 2.67 bits per heavy atom. The van der Waals surface area contributed by atoms with Crippen molar-refractivity contribution in [3.05, 3.63) is 36.2 Å². The van der Waals surface area contributed by atoms with Crippen LogP contribution in [-0.2, 0) is 10.5 Å². The molecular weight excluding hydrogens is 288 g/mol. The van der Waals surface area contributed by atoms with Crippen molar-refractivity contribution in [2.45, 2.75) is 17.9 Å². The molecule has 1 heterocycles. The fourth-order valence-corrected chi connectivity index (χ4v) is 2.18. The minimum absolute atomic E-state index is 0.130. The van der Waals surface area contributed by atoms with Gasteiger partial charge in [-0.2, -0.15) is 15.0 Å². The second-order valence-electron chi connectivity index (χ2n) is 4.28. The molecule has 1 atom stereocenters. The van der Waals surface area contributed by atoms with E-state index in [9.17, 15) is 4.79 Å². The first kappa shape index (κ1) is 15.0. The Kier molecular flexibility index (Phi) is 4.94. The van der Waals surface area contributed by atoms with Crippen molar-refractivity contribution >= 4 is 35.3 Å². The average Bonchev–Trinajstić information content (AvgIpc) is 2.45. The zero-order valence-electron chi connectivity index (χ0n) is 11.5. The van der Waals surface area contributed by atoms with Crippen LogP contribution in [0.4, 0.5) is 17.6 Å². The quantitative estimate of drug-likeness (QED) is 0.735. The van der Waals surface area contributed by atoms with Crippen LogP contribution in [0, 0.1) is 0 Å². The summed E-state index contributed by atoms with van der Waals surface area (Å²) in [4.78, 5) is 23.4. The molecule has 21 heavy (non-hydrogen) atoms. The average molecular weight is 304 g/mol. The first-order valence-electron chi connectivity index (χ1n) is 6.28. The molecule has 0 saturated heterocycles. The van der Waals surface area contributed by atoms with Gasteiger partial charge in [0, 0.05) is 5.69 Å². The number of primary amides is 1. The van der Waals surface area contributed by atoms with Crippen LogP contribution in [0.5, 0.6) is 0 Å². The predicted octanol–water partition coefficient (Wildman–Crippen LogP) is 1.30. The maximum atomic E-state index is 11.0. The van der Waals surface area contributed by atoms with Gasteiger partial charge in [0.1, 0.15) is 5.82 Å². The van der Waals surface area contributed by atoms with Crippen LogP contribution < -0.4 is 16.8 Å². The van der Waals surface area contributed by atoms with Crippen LogP contribution in [-0.4, -0.2) is 26.1 Å². The van der Waals surface area contributed by atoms with Crippen LogP contribution >= 0.6 is 11.8 Å². The summed E-state index contributed by atoms with van der Waals surface area (Å²) in [6, 6.07) is 9.50. The Labute approximate surface area is 126 Å². The fraction of sp³-hybridized carbons (Fsp3) is 0.231. The maximum Gasteiger partial charge on any atom is 0.232 e. The van der Waals surface area contributed by atoms with Crippen molar-refractivity contribution in [2.24, 2.45) is 5.73 Å². The molecule has 0 spiro atoms. The van der Waals surface area contributed by atoms with E-state index in [4.69, 9.17) is 11.5 Å². The number of benzene rings is 1. The molecule has 0 aliphatic heterocycles. The molecular formula is C13H16N6OS. The van der Waals surface area contributed by atoms with E-state index in [0.29, 0.717) is 17.5 Å². The minimum atomic E-state index is -0.371. The number of nitrogens with zero attached hydrogens (tertiary/aromatic N) is 3. The second-order valence-corrected chi connectivity index (χ2v) is 5.61.